The molecular weight excluding hydrogens is 468 g/mol. The number of amides is 1. The number of nitrogens with one attached hydrogen (secondary N) is 1. The molecule has 3 aromatic carbocycles. The molecule has 3 rings (SSSR count). The van der Waals surface area contributed by atoms with Gasteiger partial charge in [0.2, 0.25) is 0 Å². The van der Waals surface area contributed by atoms with Crippen LogP contribution in [0, 0.1) is 0 Å². The van der Waals surface area contributed by atoms with Gasteiger partial charge < -0.3 is 9.47 Å². The minimum absolute atomic E-state index is 0.324. The Hall–Kier alpha value is -2.83. The van der Waals surface area contributed by atoms with Crippen LogP contribution in [0.4, 0.5) is 0 Å². The molecule has 7 heteroatoms. The van der Waals surface area contributed by atoms with Crippen molar-refractivity contribution in [3.8, 4) is 11.5 Å². The number of hydrazone groups is 1. The van der Waals surface area contributed by atoms with Gasteiger partial charge in [0.1, 0.15) is 6.61 Å². The van der Waals surface area contributed by atoms with Gasteiger partial charge in [0.25, 0.3) is 5.91 Å². The van der Waals surface area contributed by atoms with Crippen LogP contribution in [0.5, 0.6) is 11.5 Å². The van der Waals surface area contributed by atoms with Gasteiger partial charge in [-0.05, 0) is 70.4 Å². The van der Waals surface area contributed by atoms with Crippen molar-refractivity contribution in [1.82, 2.24) is 5.43 Å². The third-order valence-electron chi connectivity index (χ3n) is 4.04. The number of halogens is 2. The topological polar surface area (TPSA) is 59.9 Å². The summed E-state index contributed by atoms with van der Waals surface area (Å²) >= 11 is 9.38. The van der Waals surface area contributed by atoms with Crippen LogP contribution in [0.15, 0.2) is 76.3 Å². The van der Waals surface area contributed by atoms with Crippen LogP contribution in [0.25, 0.3) is 0 Å². The fourth-order valence-electron chi connectivity index (χ4n) is 2.63. The second kappa shape index (κ2) is 10.8. The van der Waals surface area contributed by atoms with E-state index in [4.69, 9.17) is 21.1 Å². The van der Waals surface area contributed by atoms with Gasteiger partial charge in [-0.1, -0.05) is 41.9 Å². The quantitative estimate of drug-likeness (QED) is 0.320. The largest absolute Gasteiger partial charge is 0.490 e. The van der Waals surface area contributed by atoms with Crippen molar-refractivity contribution in [3.63, 3.8) is 0 Å². The average Bonchev–Trinajstić information content (AvgIpc) is 2.74. The number of hydrogen-bond acceptors (Lipinski definition) is 4. The minimum Gasteiger partial charge on any atom is -0.490 e. The molecule has 0 saturated heterocycles. The fourth-order valence-corrected chi connectivity index (χ4v) is 3.33. The molecular formula is C23H20BrClN2O3. The average molecular weight is 488 g/mol. The molecule has 0 bridgehead atoms. The number of carbonyl (C=O) groups is 1. The van der Waals surface area contributed by atoms with E-state index < -0.39 is 0 Å². The first-order valence-corrected chi connectivity index (χ1v) is 10.5. The Morgan fingerprint density at radius 3 is 2.53 bits per heavy atom. The van der Waals surface area contributed by atoms with E-state index in [-0.39, 0.29) is 5.91 Å². The second-order valence-electron chi connectivity index (χ2n) is 6.24. The Labute approximate surface area is 188 Å². The summed E-state index contributed by atoms with van der Waals surface area (Å²) < 4.78 is 12.4. The van der Waals surface area contributed by atoms with Crippen LogP contribution in [0.3, 0.4) is 0 Å². The summed E-state index contributed by atoms with van der Waals surface area (Å²) in [6.45, 7) is 2.81. The molecule has 0 atom stereocenters. The zero-order valence-electron chi connectivity index (χ0n) is 16.3. The fraction of sp³-hybridized carbons (Fsp3) is 0.130. The summed E-state index contributed by atoms with van der Waals surface area (Å²) in [5.74, 6) is 0.881. The lowest BCUT2D eigenvalue weighted by Crippen LogP contribution is -2.17. The van der Waals surface area contributed by atoms with E-state index in [1.165, 1.54) is 0 Å². The van der Waals surface area contributed by atoms with Crippen molar-refractivity contribution in [2.24, 2.45) is 5.10 Å². The van der Waals surface area contributed by atoms with Crippen LogP contribution < -0.4 is 14.9 Å². The van der Waals surface area contributed by atoms with Gasteiger partial charge in [0.15, 0.2) is 11.5 Å². The molecule has 5 nitrogen and oxygen atoms in total. The molecule has 1 N–H and O–H groups in total. The molecule has 0 radical (unpaired) electrons. The summed E-state index contributed by atoms with van der Waals surface area (Å²) in [7, 11) is 0. The van der Waals surface area contributed by atoms with E-state index in [1.807, 2.05) is 49.4 Å². The van der Waals surface area contributed by atoms with Gasteiger partial charge in [0.05, 0.1) is 17.3 Å². The molecule has 0 aliphatic heterocycles. The van der Waals surface area contributed by atoms with E-state index in [2.05, 4.69) is 26.5 Å². The molecule has 1 amide bonds. The standard InChI is InChI=1S/C23H20BrClN2O3/c1-2-29-21-13-17(14-26-27-23(28)18-8-10-19(25)11-9-18)12-20(24)22(21)30-15-16-6-4-3-5-7-16/h3-14H,2,15H2,1H3,(H,27,28)/b26-14-. The highest BCUT2D eigenvalue weighted by atomic mass is 79.9. The first kappa shape index (κ1) is 21.9. The molecule has 0 aliphatic rings. The molecule has 0 saturated carbocycles. The zero-order valence-corrected chi connectivity index (χ0v) is 18.6. The Morgan fingerprint density at radius 1 is 1.10 bits per heavy atom. The maximum absolute atomic E-state index is 12.1. The second-order valence-corrected chi connectivity index (χ2v) is 7.53. The number of benzene rings is 3. The molecule has 154 valence electrons. The first-order chi connectivity index (χ1) is 14.6. The summed E-state index contributed by atoms with van der Waals surface area (Å²) in [5.41, 5.74) is 4.77. The molecule has 0 fully saturated rings. The predicted molar refractivity (Wildman–Crippen MR) is 123 cm³/mol. The van der Waals surface area contributed by atoms with Gasteiger partial charge in [0, 0.05) is 10.6 Å². The Balaban J connectivity index is 1.71. The van der Waals surface area contributed by atoms with Crippen molar-refractivity contribution in [2.75, 3.05) is 6.61 Å². The van der Waals surface area contributed by atoms with E-state index in [1.54, 1.807) is 30.5 Å². The number of hydrogen-bond donors (Lipinski definition) is 1. The third-order valence-corrected chi connectivity index (χ3v) is 4.88. The van der Waals surface area contributed by atoms with Crippen LogP contribution in [-0.4, -0.2) is 18.7 Å². The van der Waals surface area contributed by atoms with Crippen LogP contribution in [0.1, 0.15) is 28.4 Å². The SMILES string of the molecule is CCOc1cc(/C=N\NC(=O)c2ccc(Cl)cc2)cc(Br)c1OCc1ccccc1. The normalized spacial score (nSPS) is 10.8. The molecule has 0 aliphatic carbocycles. The number of ether oxygens (including phenoxy) is 2. The van der Waals surface area contributed by atoms with E-state index in [0.29, 0.717) is 35.3 Å². The van der Waals surface area contributed by atoms with Gasteiger partial charge in [-0.2, -0.15) is 5.10 Å². The lowest BCUT2D eigenvalue weighted by molar-refractivity contribution is 0.0955. The maximum Gasteiger partial charge on any atom is 0.271 e. The molecule has 0 spiro atoms. The lowest BCUT2D eigenvalue weighted by Gasteiger charge is -2.14. The number of rotatable bonds is 8. The first-order valence-electron chi connectivity index (χ1n) is 9.29. The summed E-state index contributed by atoms with van der Waals surface area (Å²) in [6, 6.07) is 20.1. The van der Waals surface area contributed by atoms with Crippen molar-refractivity contribution in [2.45, 2.75) is 13.5 Å². The molecule has 0 aromatic heterocycles. The summed E-state index contributed by atoms with van der Waals surface area (Å²) in [6.07, 6.45) is 1.54. The Bertz CT molecular complexity index is 1020. The van der Waals surface area contributed by atoms with Crippen LogP contribution >= 0.6 is 27.5 Å². The number of carbonyl (C=O) groups excluding carboxylic acids is 1. The van der Waals surface area contributed by atoms with Crippen molar-refractivity contribution in [1.29, 1.82) is 0 Å². The maximum atomic E-state index is 12.1. The minimum atomic E-state index is -0.324. The molecule has 0 heterocycles. The smallest absolute Gasteiger partial charge is 0.271 e. The van der Waals surface area contributed by atoms with Crippen LogP contribution in [0.2, 0.25) is 5.02 Å². The third kappa shape index (κ3) is 6.08. The Kier molecular flexibility index (Phi) is 7.88. The summed E-state index contributed by atoms with van der Waals surface area (Å²) in [5, 5.41) is 4.60. The highest BCUT2D eigenvalue weighted by Crippen LogP contribution is 2.37. The molecule has 0 unspecified atom stereocenters. The summed E-state index contributed by atoms with van der Waals surface area (Å²) in [4.78, 5) is 12.1. The number of nitrogens with zero attached hydrogens (tertiary/aromatic N) is 1. The highest BCUT2D eigenvalue weighted by molar-refractivity contribution is 9.10. The molecule has 30 heavy (non-hydrogen) atoms. The van der Waals surface area contributed by atoms with Gasteiger partial charge in [-0.25, -0.2) is 5.43 Å². The van der Waals surface area contributed by atoms with E-state index >= 15 is 0 Å². The van der Waals surface area contributed by atoms with E-state index in [0.717, 1.165) is 15.6 Å². The highest BCUT2D eigenvalue weighted by Gasteiger charge is 2.12. The van der Waals surface area contributed by atoms with Crippen molar-refractivity contribution in [3.05, 3.63) is 92.9 Å². The molecule has 3 aromatic rings. The van der Waals surface area contributed by atoms with Gasteiger partial charge >= 0.3 is 0 Å². The monoisotopic (exact) mass is 486 g/mol. The van der Waals surface area contributed by atoms with Crippen LogP contribution in [-0.2, 0) is 6.61 Å². The van der Waals surface area contributed by atoms with E-state index in [9.17, 15) is 4.79 Å². The Morgan fingerprint density at radius 2 is 1.83 bits per heavy atom. The van der Waals surface area contributed by atoms with Gasteiger partial charge in [-0.3, -0.25) is 4.79 Å². The van der Waals surface area contributed by atoms with Gasteiger partial charge in [-0.15, -0.1) is 0 Å². The lowest BCUT2D eigenvalue weighted by atomic mass is 10.2. The predicted octanol–water partition coefficient (Wildman–Crippen LogP) is 5.84. The zero-order chi connectivity index (χ0) is 21.3. The van der Waals surface area contributed by atoms with Crippen molar-refractivity contribution < 1.29 is 14.3 Å². The van der Waals surface area contributed by atoms with Crippen molar-refractivity contribution >= 4 is 39.7 Å².